The van der Waals surface area contributed by atoms with Gasteiger partial charge in [-0.05, 0) is 53.1 Å². The normalized spacial score (nSPS) is 19.3. The summed E-state index contributed by atoms with van der Waals surface area (Å²) >= 11 is 6.00. The molecule has 2 aliphatic rings. The first-order chi connectivity index (χ1) is 15.2. The summed E-state index contributed by atoms with van der Waals surface area (Å²) in [5.41, 5.74) is 2.11. The van der Waals surface area contributed by atoms with Gasteiger partial charge in [0, 0.05) is 35.5 Å². The summed E-state index contributed by atoms with van der Waals surface area (Å²) in [7, 11) is 0. The monoisotopic (exact) mass is 446 g/mol. The molecule has 1 atom stereocenters. The third-order valence-electron chi connectivity index (χ3n) is 6.16. The Labute approximate surface area is 186 Å². The topological polar surface area (TPSA) is 42.5 Å². The third-order valence-corrected chi connectivity index (χ3v) is 8.44. The van der Waals surface area contributed by atoms with Crippen molar-refractivity contribution in [1.29, 1.82) is 0 Å². The van der Waals surface area contributed by atoms with E-state index in [0.29, 0.717) is 6.04 Å². The number of nitrogens with one attached hydrogen (secondary N) is 2. The quantitative estimate of drug-likeness (QED) is 0.378. The number of fused-ring (bicyclic) bond motifs is 7. The van der Waals surface area contributed by atoms with E-state index in [1.165, 1.54) is 17.2 Å². The first kappa shape index (κ1) is 19.3. The van der Waals surface area contributed by atoms with E-state index in [2.05, 4.69) is 71.1 Å². The summed E-state index contributed by atoms with van der Waals surface area (Å²) in [6.07, 6.45) is 2.34. The zero-order valence-corrected chi connectivity index (χ0v) is 18.7. The lowest BCUT2D eigenvalue weighted by atomic mass is 9.92. The molecule has 0 aromatic heterocycles. The molecule has 2 aliphatic heterocycles. The fourth-order valence-electron chi connectivity index (χ4n) is 4.67. The highest BCUT2D eigenvalue weighted by Crippen LogP contribution is 2.57. The molecule has 0 saturated carbocycles. The van der Waals surface area contributed by atoms with E-state index in [-0.39, 0.29) is 0 Å². The van der Waals surface area contributed by atoms with Crippen molar-refractivity contribution in [3.63, 3.8) is 0 Å². The largest absolute Gasteiger partial charge is 0.424 e. The van der Waals surface area contributed by atoms with Crippen LogP contribution in [0.1, 0.15) is 12.8 Å². The summed E-state index contributed by atoms with van der Waals surface area (Å²) < 4.78 is 13.0. The second-order valence-electron chi connectivity index (χ2n) is 8.16. The van der Waals surface area contributed by atoms with Crippen molar-refractivity contribution < 1.29 is 9.05 Å². The molecule has 0 spiro atoms. The van der Waals surface area contributed by atoms with Crippen molar-refractivity contribution >= 4 is 40.0 Å². The van der Waals surface area contributed by atoms with Crippen LogP contribution in [0.4, 0.5) is 0 Å². The van der Waals surface area contributed by atoms with Crippen LogP contribution in [0.3, 0.4) is 0 Å². The number of hydrogen-bond acceptors (Lipinski definition) is 4. The van der Waals surface area contributed by atoms with Gasteiger partial charge in [-0.15, -0.1) is 0 Å². The lowest BCUT2D eigenvalue weighted by Gasteiger charge is -2.24. The summed E-state index contributed by atoms with van der Waals surface area (Å²) in [4.78, 5) is 0. The molecule has 6 rings (SSSR count). The Hall–Kier alpha value is -2.43. The van der Waals surface area contributed by atoms with Gasteiger partial charge in [-0.25, -0.2) is 5.09 Å². The van der Waals surface area contributed by atoms with Gasteiger partial charge in [-0.3, -0.25) is 0 Å². The maximum atomic E-state index is 6.51. The zero-order valence-electron chi connectivity index (χ0n) is 17.0. The van der Waals surface area contributed by atoms with Crippen LogP contribution in [-0.4, -0.2) is 19.1 Å². The summed E-state index contributed by atoms with van der Waals surface area (Å²) in [6.45, 7) is -0.991. The molecule has 1 saturated heterocycles. The third kappa shape index (κ3) is 3.42. The minimum atomic E-state index is -2.79. The van der Waals surface area contributed by atoms with Crippen molar-refractivity contribution in [2.24, 2.45) is 0 Å². The molecular formula is C25H23N2O2PS. The molecule has 0 unspecified atom stereocenters. The van der Waals surface area contributed by atoms with Gasteiger partial charge >= 0.3 is 6.64 Å². The highest BCUT2D eigenvalue weighted by atomic mass is 32.5. The van der Waals surface area contributed by atoms with Crippen LogP contribution in [0.2, 0.25) is 0 Å². The molecular weight excluding hydrogens is 423 g/mol. The van der Waals surface area contributed by atoms with E-state index in [1.54, 1.807) is 0 Å². The Morgan fingerprint density at radius 2 is 1.42 bits per heavy atom. The lowest BCUT2D eigenvalue weighted by molar-refractivity contribution is 0.468. The van der Waals surface area contributed by atoms with Crippen molar-refractivity contribution in [3.8, 4) is 22.6 Å². The van der Waals surface area contributed by atoms with Gasteiger partial charge in [0.2, 0.25) is 0 Å². The highest BCUT2D eigenvalue weighted by molar-refractivity contribution is 8.09. The van der Waals surface area contributed by atoms with Crippen LogP contribution in [0, 0.1) is 0 Å². The van der Waals surface area contributed by atoms with E-state index in [1.807, 2.05) is 12.1 Å². The van der Waals surface area contributed by atoms with E-state index >= 15 is 0 Å². The SMILES string of the molecule is S=P1(NC[C@@H]2CCCN2)Oc2ccc3ccccc3c2-c2c(ccc3ccccc23)O1. The van der Waals surface area contributed by atoms with Crippen LogP contribution < -0.4 is 19.5 Å². The first-order valence-electron chi connectivity index (χ1n) is 10.7. The Morgan fingerprint density at radius 3 is 1.97 bits per heavy atom. The Bertz CT molecular complexity index is 1260. The van der Waals surface area contributed by atoms with Crippen LogP contribution in [0.25, 0.3) is 32.7 Å². The molecule has 0 aliphatic carbocycles. The number of rotatable bonds is 3. The second kappa shape index (κ2) is 7.61. The fourth-order valence-corrected chi connectivity index (χ4v) is 6.80. The van der Waals surface area contributed by atoms with E-state index in [0.717, 1.165) is 52.9 Å². The van der Waals surface area contributed by atoms with Crippen LogP contribution in [0.5, 0.6) is 11.5 Å². The molecule has 1 fully saturated rings. The van der Waals surface area contributed by atoms with E-state index in [9.17, 15) is 0 Å². The summed E-state index contributed by atoms with van der Waals surface area (Å²) in [5, 5.41) is 11.6. The second-order valence-corrected chi connectivity index (χ2v) is 11.3. The molecule has 31 heavy (non-hydrogen) atoms. The van der Waals surface area contributed by atoms with E-state index < -0.39 is 6.64 Å². The predicted molar refractivity (Wildman–Crippen MR) is 131 cm³/mol. The average molecular weight is 447 g/mol. The Kier molecular flexibility index (Phi) is 4.73. The molecule has 0 amide bonds. The number of hydrogen-bond donors (Lipinski definition) is 2. The smallest absolute Gasteiger partial charge is 0.365 e. The van der Waals surface area contributed by atoms with Crippen LogP contribution in [-0.2, 0) is 11.8 Å². The molecule has 0 radical (unpaired) electrons. The summed E-state index contributed by atoms with van der Waals surface area (Å²) in [5.74, 6) is 1.56. The van der Waals surface area contributed by atoms with Gasteiger partial charge in [0.15, 0.2) is 0 Å². The van der Waals surface area contributed by atoms with Gasteiger partial charge in [-0.1, -0.05) is 60.7 Å². The minimum Gasteiger partial charge on any atom is -0.424 e. The van der Waals surface area contributed by atoms with Gasteiger partial charge in [-0.2, -0.15) is 0 Å². The molecule has 156 valence electrons. The maximum absolute atomic E-state index is 6.51. The molecule has 4 nitrogen and oxygen atoms in total. The van der Waals surface area contributed by atoms with Crippen LogP contribution in [0.15, 0.2) is 72.8 Å². The molecule has 6 heteroatoms. The molecule has 2 heterocycles. The molecule has 2 N–H and O–H groups in total. The van der Waals surface area contributed by atoms with E-state index in [4.69, 9.17) is 20.9 Å². The van der Waals surface area contributed by atoms with Crippen LogP contribution >= 0.6 is 6.64 Å². The van der Waals surface area contributed by atoms with Crippen molar-refractivity contribution in [1.82, 2.24) is 10.4 Å². The standard InChI is InChI=1S/C25H23N2O2PS/c31-30(27-16-19-8-5-15-26-19)28-22-13-11-17-6-1-3-9-20(17)24(22)25-21-10-4-2-7-18(21)12-14-23(25)29-30/h1-4,6-7,9-14,19,26H,5,8,15-16H2,(H,27,31)/t19-/m0/s1. The van der Waals surface area contributed by atoms with Crippen molar-refractivity contribution in [2.75, 3.05) is 13.1 Å². The maximum Gasteiger partial charge on any atom is 0.365 e. The Balaban J connectivity index is 1.57. The Morgan fingerprint density at radius 1 is 0.839 bits per heavy atom. The zero-order chi connectivity index (χ0) is 20.8. The minimum absolute atomic E-state index is 0.405. The van der Waals surface area contributed by atoms with Crippen molar-refractivity contribution in [2.45, 2.75) is 18.9 Å². The molecule has 4 aromatic rings. The van der Waals surface area contributed by atoms with Gasteiger partial charge in [0.05, 0.1) is 0 Å². The highest BCUT2D eigenvalue weighted by Gasteiger charge is 2.32. The number of benzene rings is 4. The fraction of sp³-hybridized carbons (Fsp3) is 0.200. The molecule has 4 aromatic carbocycles. The average Bonchev–Trinajstić information content (AvgIpc) is 3.27. The van der Waals surface area contributed by atoms with Gasteiger partial charge < -0.3 is 14.4 Å². The summed E-state index contributed by atoms with van der Waals surface area (Å²) in [6, 6.07) is 25.5. The van der Waals surface area contributed by atoms with Gasteiger partial charge in [0.25, 0.3) is 0 Å². The first-order valence-corrected chi connectivity index (χ1v) is 13.4. The van der Waals surface area contributed by atoms with Gasteiger partial charge in [0.1, 0.15) is 11.5 Å². The predicted octanol–water partition coefficient (Wildman–Crippen LogP) is 6.00. The molecule has 0 bridgehead atoms. The van der Waals surface area contributed by atoms with Crippen molar-refractivity contribution in [3.05, 3.63) is 72.8 Å². The lowest BCUT2D eigenvalue weighted by Crippen LogP contribution is -2.34.